The van der Waals surface area contributed by atoms with Crippen molar-refractivity contribution in [3.8, 4) is 5.75 Å². The number of hydrogen-bond donors (Lipinski definition) is 0. The normalized spacial score (nSPS) is 10.9. The van der Waals surface area contributed by atoms with E-state index >= 15 is 0 Å². The molecule has 0 saturated carbocycles. The number of esters is 1. The molecule has 0 amide bonds. The molecular formula is C21H21ClN2O3. The van der Waals surface area contributed by atoms with E-state index in [0.29, 0.717) is 28.1 Å². The molecule has 0 atom stereocenters. The minimum atomic E-state index is -0.601. The predicted octanol–water partition coefficient (Wildman–Crippen LogP) is 4.85. The number of aromatic nitrogens is 2. The summed E-state index contributed by atoms with van der Waals surface area (Å²) in [5.41, 5.74) is -0.0548. The summed E-state index contributed by atoms with van der Waals surface area (Å²) in [6.07, 6.45) is 4.07. The molecule has 0 unspecified atom stereocenters. The fraction of sp³-hybridized carbons (Fsp3) is 0.286. The van der Waals surface area contributed by atoms with Crippen molar-refractivity contribution in [3.05, 3.63) is 69.6 Å². The van der Waals surface area contributed by atoms with Crippen molar-refractivity contribution in [1.82, 2.24) is 9.78 Å². The molecule has 0 bridgehead atoms. The molecule has 0 spiro atoms. The van der Waals surface area contributed by atoms with Crippen LogP contribution in [0, 0.1) is 0 Å². The number of carbonyl (C=O) groups excluding carboxylic acids is 1. The van der Waals surface area contributed by atoms with Gasteiger partial charge in [0.1, 0.15) is 5.75 Å². The summed E-state index contributed by atoms with van der Waals surface area (Å²) in [4.78, 5) is 25.4. The molecule has 0 aliphatic carbocycles. The van der Waals surface area contributed by atoms with Gasteiger partial charge in [-0.2, -0.15) is 5.10 Å². The second kappa shape index (κ2) is 8.82. The molecular weight excluding hydrogens is 364 g/mol. The minimum absolute atomic E-state index is 0.135. The zero-order valence-corrected chi connectivity index (χ0v) is 15.9. The van der Waals surface area contributed by atoms with Gasteiger partial charge in [0.25, 0.3) is 5.56 Å². The van der Waals surface area contributed by atoms with Gasteiger partial charge < -0.3 is 4.74 Å². The van der Waals surface area contributed by atoms with Gasteiger partial charge in [-0.25, -0.2) is 9.48 Å². The van der Waals surface area contributed by atoms with E-state index in [9.17, 15) is 9.59 Å². The Balaban J connectivity index is 1.95. The number of unbranched alkanes of at least 4 members (excludes halogenated alkanes) is 3. The van der Waals surface area contributed by atoms with Crippen LogP contribution >= 0.6 is 11.6 Å². The lowest BCUT2D eigenvalue weighted by atomic mass is 10.1. The Labute approximate surface area is 162 Å². The Morgan fingerprint density at radius 1 is 1.04 bits per heavy atom. The Morgan fingerprint density at radius 2 is 1.74 bits per heavy atom. The standard InChI is InChI=1S/C21H21ClN2O3/c1-2-3-4-7-14-24-20(25)18-9-6-5-8-17(18)19(23-24)21(26)27-16-12-10-15(22)11-13-16/h5-6,8-13H,2-4,7,14H2,1H3. The topological polar surface area (TPSA) is 61.2 Å². The number of rotatable bonds is 7. The molecule has 140 valence electrons. The van der Waals surface area contributed by atoms with Crippen LogP contribution in [0.5, 0.6) is 5.75 Å². The van der Waals surface area contributed by atoms with Crippen LogP contribution in [-0.2, 0) is 6.54 Å². The molecule has 2 aromatic carbocycles. The summed E-state index contributed by atoms with van der Waals surface area (Å²) in [6.45, 7) is 2.61. The molecule has 27 heavy (non-hydrogen) atoms. The third-order valence-corrected chi connectivity index (χ3v) is 4.56. The molecule has 0 N–H and O–H groups in total. The van der Waals surface area contributed by atoms with Gasteiger partial charge in [-0.15, -0.1) is 0 Å². The van der Waals surface area contributed by atoms with Gasteiger partial charge in [0.2, 0.25) is 0 Å². The lowest BCUT2D eigenvalue weighted by Crippen LogP contribution is -2.27. The Kier molecular flexibility index (Phi) is 6.24. The van der Waals surface area contributed by atoms with Crippen molar-refractivity contribution < 1.29 is 9.53 Å². The van der Waals surface area contributed by atoms with Crippen molar-refractivity contribution in [2.75, 3.05) is 0 Å². The molecule has 0 fully saturated rings. The fourth-order valence-electron chi connectivity index (χ4n) is 2.88. The first kappa shape index (κ1) is 19.1. The molecule has 1 aromatic heterocycles. The first-order valence-electron chi connectivity index (χ1n) is 9.07. The van der Waals surface area contributed by atoms with E-state index in [1.165, 1.54) is 4.68 Å². The lowest BCUT2D eigenvalue weighted by Gasteiger charge is -2.11. The molecule has 0 aliphatic rings. The fourth-order valence-corrected chi connectivity index (χ4v) is 3.01. The van der Waals surface area contributed by atoms with Gasteiger partial charge in [0, 0.05) is 17.0 Å². The number of ether oxygens (including phenoxy) is 1. The van der Waals surface area contributed by atoms with Crippen LogP contribution in [0.3, 0.4) is 0 Å². The van der Waals surface area contributed by atoms with Gasteiger partial charge in [0.05, 0.1) is 5.39 Å². The van der Waals surface area contributed by atoms with E-state index in [1.807, 2.05) is 0 Å². The van der Waals surface area contributed by atoms with Crippen LogP contribution in [0.1, 0.15) is 43.1 Å². The highest BCUT2D eigenvalue weighted by Gasteiger charge is 2.18. The minimum Gasteiger partial charge on any atom is -0.422 e. The van der Waals surface area contributed by atoms with Crippen LogP contribution in [-0.4, -0.2) is 15.7 Å². The molecule has 1 heterocycles. The number of halogens is 1. The highest BCUT2D eigenvalue weighted by Crippen LogP contribution is 2.19. The quantitative estimate of drug-likeness (QED) is 0.332. The zero-order valence-electron chi connectivity index (χ0n) is 15.2. The Hall–Kier alpha value is -2.66. The third kappa shape index (κ3) is 4.55. The largest absolute Gasteiger partial charge is 0.422 e. The summed E-state index contributed by atoms with van der Waals surface area (Å²) in [7, 11) is 0. The number of carbonyl (C=O) groups is 1. The van der Waals surface area contributed by atoms with Crippen molar-refractivity contribution in [2.45, 2.75) is 39.2 Å². The summed E-state index contributed by atoms with van der Waals surface area (Å²) in [6, 6.07) is 13.5. The summed E-state index contributed by atoms with van der Waals surface area (Å²) in [5.74, 6) is -0.230. The second-order valence-corrected chi connectivity index (χ2v) is 6.76. The molecule has 5 nitrogen and oxygen atoms in total. The van der Waals surface area contributed by atoms with Crippen LogP contribution in [0.4, 0.5) is 0 Å². The van der Waals surface area contributed by atoms with Crippen LogP contribution in [0.25, 0.3) is 10.8 Å². The zero-order chi connectivity index (χ0) is 19.2. The van der Waals surface area contributed by atoms with Crippen LogP contribution in [0.15, 0.2) is 53.3 Å². The summed E-state index contributed by atoms with van der Waals surface area (Å²) in [5, 5.41) is 5.83. The average molecular weight is 385 g/mol. The number of aryl methyl sites for hydroxylation is 1. The van der Waals surface area contributed by atoms with Gasteiger partial charge in [-0.1, -0.05) is 56.0 Å². The number of fused-ring (bicyclic) bond motifs is 1. The maximum Gasteiger partial charge on any atom is 0.364 e. The molecule has 0 aliphatic heterocycles. The van der Waals surface area contributed by atoms with Gasteiger partial charge in [-0.05, 0) is 36.8 Å². The van der Waals surface area contributed by atoms with Gasteiger partial charge in [-0.3, -0.25) is 4.79 Å². The van der Waals surface area contributed by atoms with E-state index in [2.05, 4.69) is 12.0 Å². The third-order valence-electron chi connectivity index (χ3n) is 4.31. The number of nitrogens with zero attached hydrogens (tertiary/aromatic N) is 2. The number of hydrogen-bond acceptors (Lipinski definition) is 4. The monoisotopic (exact) mass is 384 g/mol. The number of benzene rings is 2. The SMILES string of the molecule is CCCCCCn1nc(C(=O)Oc2ccc(Cl)cc2)c2ccccc2c1=O. The van der Waals surface area contributed by atoms with Crippen molar-refractivity contribution in [3.63, 3.8) is 0 Å². The van der Waals surface area contributed by atoms with E-state index in [0.717, 1.165) is 25.7 Å². The second-order valence-electron chi connectivity index (χ2n) is 6.33. The molecule has 0 radical (unpaired) electrons. The van der Waals surface area contributed by atoms with Crippen LogP contribution < -0.4 is 10.3 Å². The van der Waals surface area contributed by atoms with E-state index < -0.39 is 5.97 Å². The Bertz CT molecular complexity index is 996. The van der Waals surface area contributed by atoms with Gasteiger partial charge in [0.15, 0.2) is 5.69 Å². The van der Waals surface area contributed by atoms with Crippen molar-refractivity contribution >= 4 is 28.3 Å². The molecule has 3 rings (SSSR count). The smallest absolute Gasteiger partial charge is 0.364 e. The molecule has 6 heteroatoms. The predicted molar refractivity (Wildman–Crippen MR) is 107 cm³/mol. The van der Waals surface area contributed by atoms with Crippen LogP contribution in [0.2, 0.25) is 5.02 Å². The van der Waals surface area contributed by atoms with Gasteiger partial charge >= 0.3 is 5.97 Å². The average Bonchev–Trinajstić information content (AvgIpc) is 2.68. The van der Waals surface area contributed by atoms with Crippen molar-refractivity contribution in [2.24, 2.45) is 0 Å². The maximum atomic E-state index is 12.7. The highest BCUT2D eigenvalue weighted by atomic mass is 35.5. The summed E-state index contributed by atoms with van der Waals surface area (Å²) >= 11 is 5.86. The maximum absolute atomic E-state index is 12.7. The van der Waals surface area contributed by atoms with E-state index in [-0.39, 0.29) is 11.3 Å². The first-order chi connectivity index (χ1) is 13.1. The molecule has 3 aromatic rings. The van der Waals surface area contributed by atoms with Crippen molar-refractivity contribution in [1.29, 1.82) is 0 Å². The Morgan fingerprint density at radius 3 is 2.44 bits per heavy atom. The first-order valence-corrected chi connectivity index (χ1v) is 9.45. The summed E-state index contributed by atoms with van der Waals surface area (Å²) < 4.78 is 6.80. The highest BCUT2D eigenvalue weighted by molar-refractivity contribution is 6.30. The van der Waals surface area contributed by atoms with E-state index in [1.54, 1.807) is 48.5 Å². The van der Waals surface area contributed by atoms with E-state index in [4.69, 9.17) is 16.3 Å². The molecule has 0 saturated heterocycles. The lowest BCUT2D eigenvalue weighted by molar-refractivity contribution is 0.0728.